The summed E-state index contributed by atoms with van der Waals surface area (Å²) in [6.07, 6.45) is 1.56. The average molecular weight is 208 g/mol. The summed E-state index contributed by atoms with van der Waals surface area (Å²) in [5, 5.41) is 10.0. The summed E-state index contributed by atoms with van der Waals surface area (Å²) in [7, 11) is 2.04. The molecule has 0 amide bonds. The van der Waals surface area contributed by atoms with Crippen LogP contribution in [0.1, 0.15) is 11.1 Å². The van der Waals surface area contributed by atoms with Crippen molar-refractivity contribution in [3.05, 3.63) is 23.3 Å². The van der Waals surface area contributed by atoms with Crippen LogP contribution in [-0.2, 0) is 17.7 Å². The molecule has 0 aromatic heterocycles. The monoisotopic (exact) mass is 208 g/mol. The van der Waals surface area contributed by atoms with Gasteiger partial charge in [0.1, 0.15) is 5.75 Å². The lowest BCUT2D eigenvalue weighted by atomic mass is 10.0. The highest BCUT2D eigenvalue weighted by Crippen LogP contribution is 2.36. The molecule has 1 aromatic rings. The molecule has 0 saturated heterocycles. The molecule has 2 rings (SSSR count). The second-order valence-corrected chi connectivity index (χ2v) is 3.86. The first-order valence-electron chi connectivity index (χ1n) is 5.10. The first-order valence-corrected chi connectivity index (χ1v) is 5.10. The van der Waals surface area contributed by atoms with Crippen LogP contribution in [0.15, 0.2) is 12.1 Å². The van der Waals surface area contributed by atoms with Crippen LogP contribution in [0.4, 0.5) is 5.69 Å². The van der Waals surface area contributed by atoms with Crippen molar-refractivity contribution in [1.29, 1.82) is 0 Å². The van der Waals surface area contributed by atoms with E-state index in [0.717, 1.165) is 29.8 Å². The van der Waals surface area contributed by atoms with Crippen LogP contribution in [0.5, 0.6) is 5.75 Å². The van der Waals surface area contributed by atoms with Crippen molar-refractivity contribution in [2.24, 2.45) is 5.90 Å². The number of fused-ring (bicyclic) bond motifs is 1. The van der Waals surface area contributed by atoms with E-state index in [9.17, 15) is 5.11 Å². The Balaban J connectivity index is 2.29. The number of likely N-dealkylation sites (N-methyl/N-ethyl adjacent to an activating group) is 1. The average Bonchev–Trinajstić information content (AvgIpc) is 2.61. The van der Waals surface area contributed by atoms with Crippen molar-refractivity contribution >= 4 is 5.69 Å². The normalized spacial score (nSPS) is 14.4. The highest BCUT2D eigenvalue weighted by molar-refractivity contribution is 5.64. The maximum absolute atomic E-state index is 10.0. The predicted molar refractivity (Wildman–Crippen MR) is 58.9 cm³/mol. The lowest BCUT2D eigenvalue weighted by Gasteiger charge is -2.13. The fourth-order valence-electron chi connectivity index (χ4n) is 2.05. The SMILES string of the molecule is CN1CCc2c1ccc(CCON)c2O. The van der Waals surface area contributed by atoms with Gasteiger partial charge in [0.15, 0.2) is 0 Å². The third-order valence-electron chi connectivity index (χ3n) is 2.94. The zero-order chi connectivity index (χ0) is 10.8. The van der Waals surface area contributed by atoms with Crippen LogP contribution in [0.25, 0.3) is 0 Å². The number of benzene rings is 1. The van der Waals surface area contributed by atoms with Crippen molar-refractivity contribution in [2.45, 2.75) is 12.8 Å². The fraction of sp³-hybridized carbons (Fsp3) is 0.455. The maximum atomic E-state index is 10.0. The van der Waals surface area contributed by atoms with E-state index in [1.54, 1.807) is 0 Å². The molecule has 0 aliphatic carbocycles. The summed E-state index contributed by atoms with van der Waals surface area (Å²) in [6.45, 7) is 1.40. The van der Waals surface area contributed by atoms with Gasteiger partial charge in [-0.1, -0.05) is 6.07 Å². The van der Waals surface area contributed by atoms with Gasteiger partial charge in [-0.15, -0.1) is 0 Å². The number of aromatic hydroxyl groups is 1. The van der Waals surface area contributed by atoms with Crippen LogP contribution in [0.3, 0.4) is 0 Å². The Labute approximate surface area is 89.2 Å². The number of phenols is 1. The van der Waals surface area contributed by atoms with Gasteiger partial charge in [-0.05, 0) is 18.1 Å². The Morgan fingerprint density at radius 2 is 2.33 bits per heavy atom. The van der Waals surface area contributed by atoms with Crippen molar-refractivity contribution in [1.82, 2.24) is 0 Å². The topological polar surface area (TPSA) is 58.7 Å². The molecule has 82 valence electrons. The second-order valence-electron chi connectivity index (χ2n) is 3.86. The van der Waals surface area contributed by atoms with Crippen LogP contribution in [0.2, 0.25) is 0 Å². The zero-order valence-electron chi connectivity index (χ0n) is 8.86. The summed E-state index contributed by atoms with van der Waals surface area (Å²) in [5.74, 6) is 5.38. The fourth-order valence-corrected chi connectivity index (χ4v) is 2.05. The molecule has 1 aliphatic heterocycles. The molecule has 1 aliphatic rings. The highest BCUT2D eigenvalue weighted by Gasteiger charge is 2.20. The second kappa shape index (κ2) is 4.08. The van der Waals surface area contributed by atoms with Gasteiger partial charge in [-0.3, -0.25) is 0 Å². The maximum Gasteiger partial charge on any atom is 0.124 e. The Kier molecular flexibility index (Phi) is 2.79. The molecular formula is C11H16N2O2. The third-order valence-corrected chi connectivity index (χ3v) is 2.94. The molecule has 1 heterocycles. The first kappa shape index (κ1) is 10.3. The Morgan fingerprint density at radius 1 is 1.53 bits per heavy atom. The number of nitrogens with two attached hydrogens (primary N) is 1. The number of hydrogen-bond donors (Lipinski definition) is 2. The van der Waals surface area contributed by atoms with Gasteiger partial charge in [-0.25, -0.2) is 5.90 Å². The zero-order valence-corrected chi connectivity index (χ0v) is 8.86. The van der Waals surface area contributed by atoms with Gasteiger partial charge in [0, 0.05) is 31.3 Å². The molecule has 4 nitrogen and oxygen atoms in total. The predicted octanol–water partition coefficient (Wildman–Crippen LogP) is 0.817. The molecule has 0 bridgehead atoms. The van der Waals surface area contributed by atoms with Crippen molar-refractivity contribution < 1.29 is 9.94 Å². The van der Waals surface area contributed by atoms with Gasteiger partial charge < -0.3 is 14.8 Å². The molecule has 0 saturated carbocycles. The van der Waals surface area contributed by atoms with Crippen molar-refractivity contribution in [3.8, 4) is 5.75 Å². The number of rotatable bonds is 3. The van der Waals surface area contributed by atoms with E-state index in [2.05, 4.69) is 9.74 Å². The number of phenolic OH excluding ortho intramolecular Hbond substituents is 1. The number of nitrogens with zero attached hydrogens (tertiary/aromatic N) is 1. The standard InChI is InChI=1S/C11H16N2O2/c1-13-6-4-9-10(13)3-2-8(11(9)14)5-7-15-12/h2-3,14H,4-7,12H2,1H3. The number of hydrogen-bond acceptors (Lipinski definition) is 4. The van der Waals surface area contributed by atoms with E-state index in [4.69, 9.17) is 5.90 Å². The van der Waals surface area contributed by atoms with E-state index in [-0.39, 0.29) is 0 Å². The van der Waals surface area contributed by atoms with Gasteiger partial charge in [-0.2, -0.15) is 0 Å². The molecule has 0 atom stereocenters. The van der Waals surface area contributed by atoms with Crippen LogP contribution in [0, 0.1) is 0 Å². The Bertz CT molecular complexity index is 366. The summed E-state index contributed by atoms with van der Waals surface area (Å²) >= 11 is 0. The van der Waals surface area contributed by atoms with E-state index in [1.807, 2.05) is 19.2 Å². The van der Waals surface area contributed by atoms with Crippen LogP contribution in [-0.4, -0.2) is 25.3 Å². The molecule has 1 aromatic carbocycles. The van der Waals surface area contributed by atoms with Gasteiger partial charge >= 0.3 is 0 Å². The largest absolute Gasteiger partial charge is 0.507 e. The molecule has 3 N–H and O–H groups in total. The molecule has 0 radical (unpaired) electrons. The van der Waals surface area contributed by atoms with Crippen molar-refractivity contribution in [3.63, 3.8) is 0 Å². The van der Waals surface area contributed by atoms with Gasteiger partial charge in [0.05, 0.1) is 6.61 Å². The minimum absolute atomic E-state index is 0.411. The summed E-state index contributed by atoms with van der Waals surface area (Å²) in [6, 6.07) is 3.99. The van der Waals surface area contributed by atoms with Gasteiger partial charge in [0.25, 0.3) is 0 Å². The summed E-state index contributed by atoms with van der Waals surface area (Å²) in [4.78, 5) is 6.67. The van der Waals surface area contributed by atoms with E-state index < -0.39 is 0 Å². The lowest BCUT2D eigenvalue weighted by molar-refractivity contribution is 0.140. The Hall–Kier alpha value is -1.26. The minimum atomic E-state index is 0.411. The van der Waals surface area contributed by atoms with E-state index in [1.165, 1.54) is 0 Å². The molecule has 15 heavy (non-hydrogen) atoms. The van der Waals surface area contributed by atoms with Gasteiger partial charge in [0.2, 0.25) is 0 Å². The quantitative estimate of drug-likeness (QED) is 0.722. The Morgan fingerprint density at radius 3 is 3.07 bits per heavy atom. The highest BCUT2D eigenvalue weighted by atomic mass is 16.6. The number of anilines is 1. The first-order chi connectivity index (χ1) is 7.24. The third kappa shape index (κ3) is 1.78. The summed E-state index contributed by atoms with van der Waals surface area (Å²) < 4.78 is 0. The smallest absolute Gasteiger partial charge is 0.124 e. The van der Waals surface area contributed by atoms with Crippen LogP contribution >= 0.6 is 0 Å². The van der Waals surface area contributed by atoms with E-state index >= 15 is 0 Å². The minimum Gasteiger partial charge on any atom is -0.507 e. The van der Waals surface area contributed by atoms with Crippen LogP contribution < -0.4 is 10.8 Å². The molecule has 0 spiro atoms. The molecular weight excluding hydrogens is 192 g/mol. The lowest BCUT2D eigenvalue weighted by Crippen LogP contribution is -2.12. The summed E-state index contributed by atoms with van der Waals surface area (Å²) in [5.41, 5.74) is 3.09. The molecule has 4 heteroatoms. The molecule has 0 fully saturated rings. The van der Waals surface area contributed by atoms with Crippen molar-refractivity contribution in [2.75, 3.05) is 25.1 Å². The molecule has 0 unspecified atom stereocenters. The van der Waals surface area contributed by atoms with E-state index in [0.29, 0.717) is 18.8 Å².